The molecule has 1 aliphatic rings. The average molecular weight is 348 g/mol. The molecule has 0 radical (unpaired) electrons. The Morgan fingerprint density at radius 2 is 2.10 bits per heavy atom. The van der Waals surface area contributed by atoms with Gasteiger partial charge in [0.15, 0.2) is 16.6 Å². The van der Waals surface area contributed by atoms with Gasteiger partial charge in [-0.3, -0.25) is 0 Å². The Morgan fingerprint density at radius 1 is 1.29 bits per heavy atom. The summed E-state index contributed by atoms with van der Waals surface area (Å²) in [4.78, 5) is 5.12. The number of halogens is 2. The number of thiazole rings is 1. The van der Waals surface area contributed by atoms with E-state index >= 15 is 0 Å². The molecule has 0 atom stereocenters. The highest BCUT2D eigenvalue weighted by atomic mass is 35.5. The molecule has 0 bridgehead atoms. The van der Waals surface area contributed by atoms with Crippen LogP contribution >= 0.6 is 35.3 Å². The van der Waals surface area contributed by atoms with Gasteiger partial charge < -0.3 is 20.5 Å². The second-order valence-electron chi connectivity index (χ2n) is 4.37. The number of nitrogens with two attached hydrogens (primary N) is 1. The van der Waals surface area contributed by atoms with Crippen LogP contribution in [0.4, 0.5) is 5.13 Å². The standard InChI is InChI=1S/C13H14ClN3O2S.ClH/c14-10-3-8(4-11-12(10)19-2-1-18-11)5-16-6-9-7-17-13(15)20-9;/h3-4,7,16H,1-2,5-6H2,(H2,15,17);1H. The summed E-state index contributed by atoms with van der Waals surface area (Å²) in [7, 11) is 0. The van der Waals surface area contributed by atoms with Crippen molar-refractivity contribution >= 4 is 40.5 Å². The van der Waals surface area contributed by atoms with E-state index in [4.69, 9.17) is 26.8 Å². The van der Waals surface area contributed by atoms with Gasteiger partial charge in [-0.05, 0) is 17.7 Å². The first-order chi connectivity index (χ1) is 9.72. The normalized spacial score (nSPS) is 12.8. The zero-order chi connectivity index (χ0) is 13.9. The second-order valence-corrected chi connectivity index (χ2v) is 5.92. The monoisotopic (exact) mass is 347 g/mol. The van der Waals surface area contributed by atoms with Crippen molar-refractivity contribution in [3.8, 4) is 11.5 Å². The topological polar surface area (TPSA) is 69.4 Å². The van der Waals surface area contributed by atoms with Crippen LogP contribution in [-0.2, 0) is 13.1 Å². The van der Waals surface area contributed by atoms with Gasteiger partial charge in [0.1, 0.15) is 13.2 Å². The Kier molecular flexibility index (Phi) is 5.52. The zero-order valence-electron chi connectivity index (χ0n) is 11.1. The van der Waals surface area contributed by atoms with Gasteiger partial charge in [0, 0.05) is 24.2 Å². The maximum atomic E-state index is 6.19. The lowest BCUT2D eigenvalue weighted by Crippen LogP contribution is -2.17. The molecule has 8 heteroatoms. The van der Waals surface area contributed by atoms with Gasteiger partial charge in [-0.15, -0.1) is 23.7 Å². The number of hydrogen-bond donors (Lipinski definition) is 2. The molecule has 1 aromatic heterocycles. The molecule has 21 heavy (non-hydrogen) atoms. The number of aromatic nitrogens is 1. The van der Waals surface area contributed by atoms with Crippen LogP contribution in [0.2, 0.25) is 5.02 Å². The van der Waals surface area contributed by atoms with Crippen LogP contribution in [0.3, 0.4) is 0 Å². The molecule has 0 unspecified atom stereocenters. The van der Waals surface area contributed by atoms with Crippen LogP contribution in [0.1, 0.15) is 10.4 Å². The quantitative estimate of drug-likeness (QED) is 0.889. The molecule has 0 fully saturated rings. The third-order valence-corrected chi connectivity index (χ3v) is 3.96. The Bertz CT molecular complexity index is 621. The zero-order valence-corrected chi connectivity index (χ0v) is 13.5. The van der Waals surface area contributed by atoms with Crippen molar-refractivity contribution in [1.29, 1.82) is 0 Å². The van der Waals surface area contributed by atoms with Gasteiger partial charge in [0.25, 0.3) is 0 Å². The Hall–Kier alpha value is -1.21. The summed E-state index contributed by atoms with van der Waals surface area (Å²) in [5.74, 6) is 1.35. The molecule has 1 aromatic carbocycles. The largest absolute Gasteiger partial charge is 0.486 e. The average Bonchev–Trinajstić information content (AvgIpc) is 2.85. The van der Waals surface area contributed by atoms with Crippen LogP contribution in [-0.4, -0.2) is 18.2 Å². The van der Waals surface area contributed by atoms with Crippen molar-refractivity contribution in [1.82, 2.24) is 10.3 Å². The number of nitrogens with zero attached hydrogens (tertiary/aromatic N) is 1. The number of hydrogen-bond acceptors (Lipinski definition) is 6. The first kappa shape index (κ1) is 16.2. The minimum Gasteiger partial charge on any atom is -0.486 e. The predicted octanol–water partition coefficient (Wildman–Crippen LogP) is 2.86. The van der Waals surface area contributed by atoms with Crippen LogP contribution in [0.15, 0.2) is 18.3 Å². The third-order valence-electron chi connectivity index (χ3n) is 2.86. The SMILES string of the molecule is Cl.Nc1ncc(CNCc2cc(Cl)c3c(c2)OCCO3)s1. The van der Waals surface area contributed by atoms with E-state index in [2.05, 4.69) is 10.3 Å². The van der Waals surface area contributed by atoms with E-state index in [1.165, 1.54) is 11.3 Å². The van der Waals surface area contributed by atoms with Crippen LogP contribution < -0.4 is 20.5 Å². The van der Waals surface area contributed by atoms with Crippen molar-refractivity contribution < 1.29 is 9.47 Å². The molecule has 5 nitrogen and oxygen atoms in total. The van der Waals surface area contributed by atoms with Crippen LogP contribution in [0.5, 0.6) is 11.5 Å². The number of nitrogens with one attached hydrogen (secondary N) is 1. The Morgan fingerprint density at radius 3 is 2.86 bits per heavy atom. The number of ether oxygens (including phenoxy) is 2. The molecule has 0 aliphatic carbocycles. The van der Waals surface area contributed by atoms with Crippen LogP contribution in [0, 0.1) is 0 Å². The van der Waals surface area contributed by atoms with Crippen LogP contribution in [0.25, 0.3) is 0 Å². The fraction of sp³-hybridized carbons (Fsp3) is 0.308. The summed E-state index contributed by atoms with van der Waals surface area (Å²) in [6.45, 7) is 2.51. The van der Waals surface area contributed by atoms with Crippen molar-refractivity contribution in [2.24, 2.45) is 0 Å². The van der Waals surface area contributed by atoms with Gasteiger partial charge in [0.05, 0.1) is 5.02 Å². The highest BCUT2D eigenvalue weighted by molar-refractivity contribution is 7.15. The van der Waals surface area contributed by atoms with E-state index in [0.717, 1.165) is 17.0 Å². The minimum absolute atomic E-state index is 0. The fourth-order valence-electron chi connectivity index (χ4n) is 2.00. The third kappa shape index (κ3) is 3.91. The molecule has 0 amide bonds. The Labute approximate surface area is 137 Å². The van der Waals surface area contributed by atoms with Crippen molar-refractivity contribution in [2.75, 3.05) is 18.9 Å². The summed E-state index contributed by atoms with van der Waals surface area (Å²) >= 11 is 7.67. The summed E-state index contributed by atoms with van der Waals surface area (Å²) < 4.78 is 11.0. The summed E-state index contributed by atoms with van der Waals surface area (Å²) in [6, 6.07) is 3.84. The lowest BCUT2D eigenvalue weighted by molar-refractivity contribution is 0.171. The molecular weight excluding hydrogens is 333 g/mol. The molecule has 3 rings (SSSR count). The minimum atomic E-state index is 0. The van der Waals surface area contributed by atoms with E-state index in [-0.39, 0.29) is 12.4 Å². The highest BCUT2D eigenvalue weighted by Gasteiger charge is 2.16. The van der Waals surface area contributed by atoms with E-state index in [9.17, 15) is 0 Å². The number of anilines is 1. The van der Waals surface area contributed by atoms with Gasteiger partial charge in [-0.1, -0.05) is 11.6 Å². The second kappa shape index (κ2) is 7.17. The smallest absolute Gasteiger partial charge is 0.180 e. The number of fused-ring (bicyclic) bond motifs is 1. The maximum Gasteiger partial charge on any atom is 0.180 e. The van der Waals surface area contributed by atoms with Crippen molar-refractivity contribution in [3.05, 3.63) is 33.8 Å². The molecule has 0 spiro atoms. The number of nitrogen functional groups attached to an aromatic ring is 1. The van der Waals surface area contributed by atoms with Crippen molar-refractivity contribution in [2.45, 2.75) is 13.1 Å². The first-order valence-corrected chi connectivity index (χ1v) is 7.41. The maximum absolute atomic E-state index is 6.19. The molecule has 0 saturated carbocycles. The molecular formula is C13H15Cl2N3O2S. The molecule has 3 N–H and O–H groups in total. The lowest BCUT2D eigenvalue weighted by atomic mass is 10.2. The predicted molar refractivity (Wildman–Crippen MR) is 86.8 cm³/mol. The fourth-order valence-corrected chi connectivity index (χ4v) is 2.94. The first-order valence-electron chi connectivity index (χ1n) is 6.21. The Balaban J connectivity index is 0.00000161. The highest BCUT2D eigenvalue weighted by Crippen LogP contribution is 2.38. The van der Waals surface area contributed by atoms with E-state index in [1.54, 1.807) is 6.20 Å². The van der Waals surface area contributed by atoms with Gasteiger partial charge >= 0.3 is 0 Å². The number of benzene rings is 1. The number of rotatable bonds is 4. The lowest BCUT2D eigenvalue weighted by Gasteiger charge is -2.20. The van der Waals surface area contributed by atoms with Gasteiger partial charge in [-0.25, -0.2) is 4.98 Å². The molecule has 2 aromatic rings. The van der Waals surface area contributed by atoms with E-state index in [0.29, 0.717) is 41.4 Å². The van der Waals surface area contributed by atoms with E-state index < -0.39 is 0 Å². The summed E-state index contributed by atoms with van der Waals surface area (Å²) in [5.41, 5.74) is 6.64. The van der Waals surface area contributed by atoms with Gasteiger partial charge in [0.2, 0.25) is 0 Å². The van der Waals surface area contributed by atoms with Crippen molar-refractivity contribution in [3.63, 3.8) is 0 Å². The molecule has 1 aliphatic heterocycles. The molecule has 0 saturated heterocycles. The van der Waals surface area contributed by atoms with E-state index in [1.807, 2.05) is 12.1 Å². The summed E-state index contributed by atoms with van der Waals surface area (Å²) in [6.07, 6.45) is 1.78. The molecule has 114 valence electrons. The molecule has 2 heterocycles. The summed E-state index contributed by atoms with van der Waals surface area (Å²) in [5, 5.41) is 4.50. The van der Waals surface area contributed by atoms with Gasteiger partial charge in [-0.2, -0.15) is 0 Å².